The van der Waals surface area contributed by atoms with Crippen LogP contribution in [0.4, 0.5) is 15.8 Å². The van der Waals surface area contributed by atoms with E-state index in [0.717, 1.165) is 11.4 Å². The van der Waals surface area contributed by atoms with Crippen molar-refractivity contribution in [1.82, 2.24) is 4.98 Å². The number of para-hydroxylation sites is 1. The number of benzene rings is 1. The topological polar surface area (TPSA) is 42.2 Å². The van der Waals surface area contributed by atoms with Crippen molar-refractivity contribution in [3.05, 3.63) is 54.1 Å². The van der Waals surface area contributed by atoms with Crippen LogP contribution in [0.2, 0.25) is 0 Å². The molecule has 0 aliphatic heterocycles. The van der Waals surface area contributed by atoms with E-state index in [0.29, 0.717) is 12.2 Å². The van der Waals surface area contributed by atoms with Gasteiger partial charge in [-0.25, -0.2) is 4.39 Å². The van der Waals surface area contributed by atoms with E-state index in [1.807, 2.05) is 19.2 Å². The molecular formula is C13H14FN3. The lowest BCUT2D eigenvalue weighted by atomic mass is 10.2. The monoisotopic (exact) mass is 231 g/mol. The van der Waals surface area contributed by atoms with Gasteiger partial charge in [-0.15, -0.1) is 0 Å². The van der Waals surface area contributed by atoms with Gasteiger partial charge in [-0.2, -0.15) is 0 Å². The second-order valence-corrected chi connectivity index (χ2v) is 3.72. The highest BCUT2D eigenvalue weighted by Crippen LogP contribution is 2.25. The fourth-order valence-electron chi connectivity index (χ4n) is 1.65. The maximum atomic E-state index is 13.6. The van der Waals surface area contributed by atoms with Gasteiger partial charge in [0.2, 0.25) is 0 Å². The molecule has 1 aromatic carbocycles. The number of halogens is 1. The molecule has 2 rings (SSSR count). The van der Waals surface area contributed by atoms with E-state index < -0.39 is 0 Å². The fourth-order valence-corrected chi connectivity index (χ4v) is 1.65. The Hall–Kier alpha value is -1.94. The zero-order chi connectivity index (χ0) is 12.3. The largest absolute Gasteiger partial charge is 0.342 e. The first-order chi connectivity index (χ1) is 8.22. The Morgan fingerprint density at radius 3 is 2.76 bits per heavy atom. The average molecular weight is 231 g/mol. The van der Waals surface area contributed by atoms with Gasteiger partial charge in [-0.3, -0.25) is 4.98 Å². The van der Waals surface area contributed by atoms with Crippen LogP contribution in [0.25, 0.3) is 0 Å². The lowest BCUT2D eigenvalue weighted by Crippen LogP contribution is -2.12. The van der Waals surface area contributed by atoms with Crippen molar-refractivity contribution in [2.24, 2.45) is 5.73 Å². The highest BCUT2D eigenvalue weighted by Gasteiger charge is 2.08. The molecule has 0 radical (unpaired) electrons. The Kier molecular flexibility index (Phi) is 3.35. The maximum absolute atomic E-state index is 13.6. The Labute approximate surface area is 99.7 Å². The van der Waals surface area contributed by atoms with E-state index in [-0.39, 0.29) is 5.82 Å². The Bertz CT molecular complexity index is 514. The summed E-state index contributed by atoms with van der Waals surface area (Å²) in [5.41, 5.74) is 7.71. The number of hydrogen-bond donors (Lipinski definition) is 1. The second kappa shape index (κ2) is 4.93. The van der Waals surface area contributed by atoms with Crippen LogP contribution in [0.5, 0.6) is 0 Å². The van der Waals surface area contributed by atoms with E-state index >= 15 is 0 Å². The molecule has 0 unspecified atom stereocenters. The number of nitrogens with two attached hydrogens (primary N) is 1. The van der Waals surface area contributed by atoms with Crippen LogP contribution in [-0.2, 0) is 6.54 Å². The molecular weight excluding hydrogens is 217 g/mol. The molecule has 0 aliphatic rings. The molecule has 0 bridgehead atoms. The fraction of sp³-hybridized carbons (Fsp3) is 0.154. The van der Waals surface area contributed by atoms with Crippen molar-refractivity contribution in [3.63, 3.8) is 0 Å². The number of hydrogen-bond acceptors (Lipinski definition) is 3. The first kappa shape index (κ1) is 11.5. The van der Waals surface area contributed by atoms with Crippen LogP contribution in [-0.4, -0.2) is 12.0 Å². The van der Waals surface area contributed by atoms with Gasteiger partial charge in [0.25, 0.3) is 0 Å². The van der Waals surface area contributed by atoms with E-state index in [9.17, 15) is 4.39 Å². The van der Waals surface area contributed by atoms with Gasteiger partial charge in [0.1, 0.15) is 5.82 Å². The normalized spacial score (nSPS) is 10.3. The van der Waals surface area contributed by atoms with Crippen molar-refractivity contribution in [1.29, 1.82) is 0 Å². The summed E-state index contributed by atoms with van der Waals surface area (Å²) in [6, 6.07) is 10.3. The predicted molar refractivity (Wildman–Crippen MR) is 66.6 cm³/mol. The smallest absolute Gasteiger partial charge is 0.146 e. The van der Waals surface area contributed by atoms with Gasteiger partial charge in [-0.05, 0) is 24.3 Å². The summed E-state index contributed by atoms with van der Waals surface area (Å²) in [6.07, 6.45) is 1.68. The van der Waals surface area contributed by atoms with Crippen LogP contribution in [0.3, 0.4) is 0 Å². The zero-order valence-corrected chi connectivity index (χ0v) is 9.60. The van der Waals surface area contributed by atoms with Gasteiger partial charge in [-0.1, -0.05) is 12.1 Å². The van der Waals surface area contributed by atoms with Crippen LogP contribution < -0.4 is 10.6 Å². The molecule has 0 amide bonds. The average Bonchev–Trinajstić information content (AvgIpc) is 2.38. The van der Waals surface area contributed by atoms with Crippen LogP contribution >= 0.6 is 0 Å². The molecule has 0 saturated heterocycles. The molecule has 2 N–H and O–H groups in total. The number of nitrogens with zero attached hydrogens (tertiary/aromatic N) is 2. The third-order valence-corrected chi connectivity index (χ3v) is 2.61. The number of anilines is 2. The molecule has 1 aromatic heterocycles. The van der Waals surface area contributed by atoms with Gasteiger partial charge in [0.15, 0.2) is 0 Å². The van der Waals surface area contributed by atoms with E-state index in [1.54, 1.807) is 29.3 Å². The lowest BCUT2D eigenvalue weighted by molar-refractivity contribution is 0.627. The third kappa shape index (κ3) is 2.42. The van der Waals surface area contributed by atoms with E-state index in [2.05, 4.69) is 4.98 Å². The number of pyridine rings is 1. The van der Waals surface area contributed by atoms with Crippen LogP contribution in [0.1, 0.15) is 5.69 Å². The summed E-state index contributed by atoms with van der Waals surface area (Å²) in [7, 11) is 1.81. The predicted octanol–water partition coefficient (Wildman–Crippen LogP) is 2.45. The summed E-state index contributed by atoms with van der Waals surface area (Å²) in [6.45, 7) is 0.374. The molecule has 0 spiro atoms. The van der Waals surface area contributed by atoms with Gasteiger partial charge >= 0.3 is 0 Å². The molecule has 1 heterocycles. The van der Waals surface area contributed by atoms with Gasteiger partial charge < -0.3 is 10.6 Å². The Morgan fingerprint density at radius 1 is 1.29 bits per heavy atom. The quantitative estimate of drug-likeness (QED) is 0.882. The molecule has 0 atom stereocenters. The first-order valence-electron chi connectivity index (χ1n) is 5.35. The summed E-state index contributed by atoms with van der Waals surface area (Å²) in [5, 5.41) is 0. The minimum Gasteiger partial charge on any atom is -0.342 e. The number of aromatic nitrogens is 1. The summed E-state index contributed by atoms with van der Waals surface area (Å²) < 4.78 is 13.6. The van der Waals surface area contributed by atoms with Gasteiger partial charge in [0.05, 0.1) is 11.4 Å². The minimum atomic E-state index is -0.249. The molecule has 0 saturated carbocycles. The summed E-state index contributed by atoms with van der Waals surface area (Å²) in [5.74, 6) is -0.249. The first-order valence-corrected chi connectivity index (χ1v) is 5.35. The maximum Gasteiger partial charge on any atom is 0.146 e. The summed E-state index contributed by atoms with van der Waals surface area (Å²) >= 11 is 0. The standard InChI is InChI=1S/C13H14FN3/c1-17(13-5-3-2-4-12(13)14)11-6-7-16-10(8-11)9-15/h2-8H,9,15H2,1H3. The number of rotatable bonds is 3. The van der Waals surface area contributed by atoms with Crippen molar-refractivity contribution in [2.75, 3.05) is 11.9 Å². The third-order valence-electron chi connectivity index (χ3n) is 2.61. The molecule has 88 valence electrons. The molecule has 2 aromatic rings. The highest BCUT2D eigenvalue weighted by atomic mass is 19.1. The Morgan fingerprint density at radius 2 is 2.06 bits per heavy atom. The highest BCUT2D eigenvalue weighted by molar-refractivity contribution is 5.62. The van der Waals surface area contributed by atoms with Crippen LogP contribution in [0, 0.1) is 5.82 Å². The molecule has 17 heavy (non-hydrogen) atoms. The van der Waals surface area contributed by atoms with Crippen LogP contribution in [0.15, 0.2) is 42.6 Å². The molecule has 3 nitrogen and oxygen atoms in total. The molecule has 0 fully saturated rings. The Balaban J connectivity index is 2.37. The van der Waals surface area contributed by atoms with E-state index in [1.165, 1.54) is 6.07 Å². The zero-order valence-electron chi connectivity index (χ0n) is 9.60. The van der Waals surface area contributed by atoms with Crippen molar-refractivity contribution in [3.8, 4) is 0 Å². The molecule has 0 aliphatic carbocycles. The minimum absolute atomic E-state index is 0.249. The summed E-state index contributed by atoms with van der Waals surface area (Å²) in [4.78, 5) is 5.88. The SMILES string of the molecule is CN(c1ccnc(CN)c1)c1ccccc1F. The van der Waals surface area contributed by atoms with Crippen molar-refractivity contribution >= 4 is 11.4 Å². The van der Waals surface area contributed by atoms with Crippen molar-refractivity contribution < 1.29 is 4.39 Å². The van der Waals surface area contributed by atoms with E-state index in [4.69, 9.17) is 5.73 Å². The lowest BCUT2D eigenvalue weighted by Gasteiger charge is -2.20. The molecule has 4 heteroatoms. The van der Waals surface area contributed by atoms with Gasteiger partial charge in [0, 0.05) is 25.5 Å². The second-order valence-electron chi connectivity index (χ2n) is 3.72. The van der Waals surface area contributed by atoms with Crippen molar-refractivity contribution in [2.45, 2.75) is 6.54 Å².